The summed E-state index contributed by atoms with van der Waals surface area (Å²) in [6.07, 6.45) is 0.0124. The fraction of sp³-hybridized carbons (Fsp3) is 0.583. The maximum atomic E-state index is 11.5. The molecule has 0 radical (unpaired) electrons. The van der Waals surface area contributed by atoms with Crippen LogP contribution in [0.5, 0.6) is 0 Å². The van der Waals surface area contributed by atoms with Gasteiger partial charge >= 0.3 is 0 Å². The highest BCUT2D eigenvalue weighted by molar-refractivity contribution is 5.90. The fourth-order valence-corrected chi connectivity index (χ4v) is 1.03. The average Bonchev–Trinajstić information content (AvgIpc) is 2.28. The first-order chi connectivity index (χ1) is 7.85. The van der Waals surface area contributed by atoms with E-state index in [9.17, 15) is 14.7 Å². The number of carbonyl (C=O) groups is 2. The molecule has 96 valence electrons. The van der Waals surface area contributed by atoms with Crippen LogP contribution in [-0.4, -0.2) is 41.2 Å². The van der Waals surface area contributed by atoms with E-state index in [4.69, 9.17) is 5.11 Å². The number of hydrogen-bond donors (Lipinski definition) is 3. The monoisotopic (exact) mass is 241 g/mol. The second-order valence-corrected chi connectivity index (χ2v) is 4.41. The molecule has 0 aromatic heterocycles. The summed E-state index contributed by atoms with van der Waals surface area (Å²) in [6, 6.07) is 0. The molecule has 3 N–H and O–H groups in total. The third-order valence-corrected chi connectivity index (χ3v) is 2.33. The van der Waals surface area contributed by atoms with Crippen molar-refractivity contribution in [3.8, 4) is 0 Å². The van der Waals surface area contributed by atoms with Crippen LogP contribution in [0.15, 0.2) is 18.4 Å². The second kappa shape index (κ2) is 7.01. The summed E-state index contributed by atoms with van der Waals surface area (Å²) >= 11 is 0. The van der Waals surface area contributed by atoms with Crippen molar-refractivity contribution >= 4 is 11.7 Å². The van der Waals surface area contributed by atoms with Crippen LogP contribution >= 0.6 is 0 Å². The Balaban J connectivity index is 4.11. The minimum atomic E-state index is -1.31. The van der Waals surface area contributed by atoms with Gasteiger partial charge in [-0.05, 0) is 0 Å². The Hall–Kier alpha value is -1.42. The number of hydrogen-bond acceptors (Lipinski definition) is 4. The van der Waals surface area contributed by atoms with Gasteiger partial charge in [0.05, 0.1) is 6.61 Å². The average molecular weight is 241 g/mol. The molecule has 0 spiro atoms. The van der Waals surface area contributed by atoms with Crippen LogP contribution in [0.25, 0.3) is 0 Å². The van der Waals surface area contributed by atoms with Crippen molar-refractivity contribution in [2.45, 2.75) is 26.4 Å². The minimum Gasteiger partial charge on any atom is -0.396 e. The molecule has 0 unspecified atom stereocenters. The van der Waals surface area contributed by atoms with E-state index in [1.165, 1.54) is 6.08 Å². The number of ketones is 1. The van der Waals surface area contributed by atoms with Crippen molar-refractivity contribution in [1.82, 2.24) is 5.32 Å². The van der Waals surface area contributed by atoms with Crippen LogP contribution in [0, 0.1) is 5.41 Å². The number of aliphatic hydroxyl groups excluding tert-OH is 2. The third kappa shape index (κ3) is 5.45. The molecule has 0 fully saturated rings. The highest BCUT2D eigenvalue weighted by atomic mass is 16.3. The molecule has 1 amide bonds. The smallest absolute Gasteiger partial charge is 0.249 e. The van der Waals surface area contributed by atoms with Gasteiger partial charge in [-0.3, -0.25) is 9.59 Å². The quantitative estimate of drug-likeness (QED) is 0.425. The van der Waals surface area contributed by atoms with E-state index in [0.717, 1.165) is 0 Å². The number of carbonyl (C=O) groups excluding carboxylic acids is 2. The molecule has 0 aromatic carbocycles. The van der Waals surface area contributed by atoms with E-state index in [1.54, 1.807) is 13.8 Å². The molecule has 0 aliphatic carbocycles. The molecule has 0 aliphatic rings. The standard InChI is InChI=1S/C12H19NO4/c1-4-5-9(15)6-7-13-11(17)10(16)12(2,3)8-14/h5,10,14,16H,1,6-8H2,2-3H3,(H,13,17)/t10-/m0/s1. The van der Waals surface area contributed by atoms with Crippen LogP contribution in [0.3, 0.4) is 0 Å². The zero-order valence-corrected chi connectivity index (χ0v) is 10.2. The van der Waals surface area contributed by atoms with E-state index in [0.29, 0.717) is 0 Å². The zero-order valence-electron chi connectivity index (χ0n) is 10.2. The largest absolute Gasteiger partial charge is 0.396 e. The van der Waals surface area contributed by atoms with Crippen molar-refractivity contribution in [3.63, 3.8) is 0 Å². The molecule has 0 saturated heterocycles. The minimum absolute atomic E-state index is 0.126. The van der Waals surface area contributed by atoms with Crippen LogP contribution in [0.1, 0.15) is 20.3 Å². The summed E-state index contributed by atoms with van der Waals surface area (Å²) < 4.78 is 0. The van der Waals surface area contributed by atoms with Gasteiger partial charge in [0.15, 0.2) is 5.78 Å². The molecule has 0 aliphatic heterocycles. The lowest BCUT2D eigenvalue weighted by molar-refractivity contribution is -0.137. The van der Waals surface area contributed by atoms with E-state index in [1.807, 2.05) is 0 Å². The first-order valence-electron chi connectivity index (χ1n) is 5.30. The zero-order chi connectivity index (χ0) is 13.5. The predicted octanol–water partition coefficient (Wildman–Crippen LogP) is -0.218. The van der Waals surface area contributed by atoms with E-state index in [-0.39, 0.29) is 25.4 Å². The molecule has 0 rings (SSSR count). The number of aliphatic hydroxyl groups is 2. The maximum absolute atomic E-state index is 11.5. The van der Waals surface area contributed by atoms with Crippen molar-refractivity contribution in [1.29, 1.82) is 0 Å². The molecule has 17 heavy (non-hydrogen) atoms. The summed E-state index contributed by atoms with van der Waals surface area (Å²) in [5, 5.41) is 21.0. The Labute approximate surface area is 101 Å². The molecule has 0 heterocycles. The van der Waals surface area contributed by atoms with Gasteiger partial charge < -0.3 is 15.5 Å². The highest BCUT2D eigenvalue weighted by Gasteiger charge is 2.32. The topological polar surface area (TPSA) is 86.6 Å². The summed E-state index contributed by atoms with van der Waals surface area (Å²) in [4.78, 5) is 22.5. The lowest BCUT2D eigenvalue weighted by Crippen LogP contribution is -2.45. The van der Waals surface area contributed by atoms with Crippen LogP contribution in [0.4, 0.5) is 0 Å². The molecule has 0 aromatic rings. The van der Waals surface area contributed by atoms with Crippen LogP contribution < -0.4 is 5.32 Å². The first kappa shape index (κ1) is 15.6. The summed E-state index contributed by atoms with van der Waals surface area (Å²) in [6.45, 7) is 6.23. The normalized spacial score (nSPS) is 12.5. The second-order valence-electron chi connectivity index (χ2n) is 4.41. The van der Waals surface area contributed by atoms with E-state index >= 15 is 0 Å². The Morgan fingerprint density at radius 1 is 1.53 bits per heavy atom. The Morgan fingerprint density at radius 3 is 2.59 bits per heavy atom. The lowest BCUT2D eigenvalue weighted by Gasteiger charge is -2.27. The van der Waals surface area contributed by atoms with Gasteiger partial charge in [0, 0.05) is 24.5 Å². The number of nitrogens with one attached hydrogen (secondary N) is 1. The SMILES string of the molecule is C=C=CC(=O)CCNC(=O)[C@H](O)C(C)(C)CO. The summed E-state index contributed by atoms with van der Waals surface area (Å²) in [5.41, 5.74) is 1.43. The molecular weight excluding hydrogens is 222 g/mol. The van der Waals surface area contributed by atoms with Crippen molar-refractivity contribution < 1.29 is 19.8 Å². The van der Waals surface area contributed by atoms with Gasteiger partial charge in [0.1, 0.15) is 6.10 Å². The first-order valence-corrected chi connectivity index (χ1v) is 5.30. The van der Waals surface area contributed by atoms with Crippen molar-refractivity contribution in [2.75, 3.05) is 13.2 Å². The molecule has 0 bridgehead atoms. The van der Waals surface area contributed by atoms with Gasteiger partial charge in [-0.25, -0.2) is 0 Å². The van der Waals surface area contributed by atoms with Gasteiger partial charge in [-0.1, -0.05) is 20.4 Å². The highest BCUT2D eigenvalue weighted by Crippen LogP contribution is 2.19. The number of allylic oxidation sites excluding steroid dienone is 1. The number of amides is 1. The Bertz CT molecular complexity index is 329. The molecule has 5 nitrogen and oxygen atoms in total. The van der Waals surface area contributed by atoms with E-state index in [2.05, 4.69) is 17.6 Å². The van der Waals surface area contributed by atoms with Crippen molar-refractivity contribution in [2.24, 2.45) is 5.41 Å². The van der Waals surface area contributed by atoms with Gasteiger partial charge in [-0.2, -0.15) is 0 Å². The Kier molecular flexibility index (Phi) is 6.43. The lowest BCUT2D eigenvalue weighted by atomic mass is 9.87. The predicted molar refractivity (Wildman–Crippen MR) is 63.2 cm³/mol. The van der Waals surface area contributed by atoms with Gasteiger partial charge in [0.2, 0.25) is 5.91 Å². The van der Waals surface area contributed by atoms with E-state index < -0.39 is 17.4 Å². The van der Waals surface area contributed by atoms with Crippen LogP contribution in [0.2, 0.25) is 0 Å². The fourth-order valence-electron chi connectivity index (χ4n) is 1.03. The molecule has 5 heteroatoms. The molecule has 1 atom stereocenters. The summed E-state index contributed by atoms with van der Waals surface area (Å²) in [5.74, 6) is -0.796. The third-order valence-electron chi connectivity index (χ3n) is 2.33. The molecular formula is C12H19NO4. The molecule has 0 saturated carbocycles. The Morgan fingerprint density at radius 2 is 2.12 bits per heavy atom. The van der Waals surface area contributed by atoms with Gasteiger partial charge in [-0.15, -0.1) is 5.73 Å². The van der Waals surface area contributed by atoms with Crippen LogP contribution in [-0.2, 0) is 9.59 Å². The summed E-state index contributed by atoms with van der Waals surface area (Å²) in [7, 11) is 0. The van der Waals surface area contributed by atoms with Crippen molar-refractivity contribution in [3.05, 3.63) is 18.4 Å². The maximum Gasteiger partial charge on any atom is 0.249 e. The number of rotatable bonds is 7. The van der Waals surface area contributed by atoms with Gasteiger partial charge in [0.25, 0.3) is 0 Å².